The molecule has 16 heavy (non-hydrogen) atoms. The SMILES string of the molecule is C[C@H]1CC[C@H]2O[C@]23CCC2C(C2(C)C)[C@]13C. The van der Waals surface area contributed by atoms with Gasteiger partial charge in [-0.3, -0.25) is 0 Å². The second kappa shape index (κ2) is 2.39. The number of hydrogen-bond acceptors (Lipinski definition) is 1. The number of rotatable bonds is 0. The van der Waals surface area contributed by atoms with Crippen molar-refractivity contribution in [3.05, 3.63) is 0 Å². The summed E-state index contributed by atoms with van der Waals surface area (Å²) in [6, 6.07) is 0. The van der Waals surface area contributed by atoms with Gasteiger partial charge in [0.05, 0.1) is 6.10 Å². The number of epoxide rings is 1. The number of ether oxygens (including phenoxy) is 1. The van der Waals surface area contributed by atoms with Crippen molar-refractivity contribution >= 4 is 0 Å². The molecule has 1 heterocycles. The monoisotopic (exact) mass is 220 g/mol. The van der Waals surface area contributed by atoms with Crippen molar-refractivity contribution in [1.29, 1.82) is 0 Å². The van der Waals surface area contributed by atoms with Gasteiger partial charge in [-0.05, 0) is 48.9 Å². The summed E-state index contributed by atoms with van der Waals surface area (Å²) in [7, 11) is 0. The second-order valence-electron chi connectivity index (χ2n) is 7.70. The van der Waals surface area contributed by atoms with E-state index in [4.69, 9.17) is 4.74 Å². The lowest BCUT2D eigenvalue weighted by molar-refractivity contribution is -0.00846. The highest BCUT2D eigenvalue weighted by Crippen LogP contribution is 2.80. The van der Waals surface area contributed by atoms with Gasteiger partial charge in [-0.15, -0.1) is 0 Å². The first-order valence-electron chi connectivity index (χ1n) is 7.12. The summed E-state index contributed by atoms with van der Waals surface area (Å²) in [6.45, 7) is 10.0. The van der Waals surface area contributed by atoms with E-state index in [9.17, 15) is 0 Å². The highest BCUT2D eigenvalue weighted by molar-refractivity contribution is 5.29. The summed E-state index contributed by atoms with van der Waals surface area (Å²) in [4.78, 5) is 0. The minimum absolute atomic E-state index is 0.319. The lowest BCUT2D eigenvalue weighted by Crippen LogP contribution is -2.50. The van der Waals surface area contributed by atoms with E-state index >= 15 is 0 Å². The van der Waals surface area contributed by atoms with Crippen LogP contribution in [0.4, 0.5) is 0 Å². The smallest absolute Gasteiger partial charge is 0.101 e. The van der Waals surface area contributed by atoms with Gasteiger partial charge in [0, 0.05) is 5.41 Å². The average Bonchev–Trinajstić information content (AvgIpc) is 3.05. The molecule has 4 aliphatic rings. The molecule has 1 heteroatoms. The molecule has 3 aliphatic carbocycles. The van der Waals surface area contributed by atoms with Crippen molar-refractivity contribution in [3.63, 3.8) is 0 Å². The third-order valence-electron chi connectivity index (χ3n) is 7.14. The van der Waals surface area contributed by atoms with E-state index in [-0.39, 0.29) is 0 Å². The summed E-state index contributed by atoms with van der Waals surface area (Å²) in [5.41, 5.74) is 1.41. The van der Waals surface area contributed by atoms with Crippen LogP contribution in [0.25, 0.3) is 0 Å². The molecule has 1 nitrogen and oxygen atoms in total. The van der Waals surface area contributed by atoms with Crippen LogP contribution in [0.1, 0.15) is 53.4 Å². The maximum Gasteiger partial charge on any atom is 0.101 e. The molecule has 6 atom stereocenters. The van der Waals surface area contributed by atoms with Crippen LogP contribution in [-0.4, -0.2) is 11.7 Å². The van der Waals surface area contributed by atoms with Crippen LogP contribution in [0, 0.1) is 28.6 Å². The lowest BCUT2D eigenvalue weighted by Gasteiger charge is -2.48. The molecule has 4 rings (SSSR count). The molecule has 1 saturated heterocycles. The Bertz CT molecular complexity index is 360. The molecule has 0 aromatic carbocycles. The topological polar surface area (TPSA) is 12.5 Å². The minimum atomic E-state index is 0.319. The highest BCUT2D eigenvalue weighted by atomic mass is 16.6. The molecular formula is C15H24O. The Morgan fingerprint density at radius 3 is 2.56 bits per heavy atom. The molecule has 0 aromatic rings. The molecule has 2 unspecified atom stereocenters. The fourth-order valence-electron chi connectivity index (χ4n) is 6.01. The van der Waals surface area contributed by atoms with Crippen LogP contribution in [0.5, 0.6) is 0 Å². The summed E-state index contributed by atoms with van der Waals surface area (Å²) in [5, 5.41) is 0. The molecule has 0 amide bonds. The van der Waals surface area contributed by atoms with Crippen molar-refractivity contribution in [2.24, 2.45) is 28.6 Å². The minimum Gasteiger partial charge on any atom is -0.365 e. The van der Waals surface area contributed by atoms with Crippen molar-refractivity contribution in [1.82, 2.24) is 0 Å². The maximum atomic E-state index is 6.23. The zero-order chi connectivity index (χ0) is 11.3. The average molecular weight is 220 g/mol. The van der Waals surface area contributed by atoms with Crippen LogP contribution >= 0.6 is 0 Å². The molecule has 4 fully saturated rings. The summed E-state index contributed by atoms with van der Waals surface area (Å²) in [5.74, 6) is 2.79. The normalized spacial score (nSPS) is 65.2. The van der Waals surface area contributed by atoms with E-state index in [0.717, 1.165) is 17.8 Å². The van der Waals surface area contributed by atoms with E-state index in [1.54, 1.807) is 0 Å². The van der Waals surface area contributed by atoms with Crippen molar-refractivity contribution in [3.8, 4) is 0 Å². The van der Waals surface area contributed by atoms with Gasteiger partial charge in [0.1, 0.15) is 5.60 Å². The third-order valence-corrected chi connectivity index (χ3v) is 7.14. The van der Waals surface area contributed by atoms with Gasteiger partial charge in [0.15, 0.2) is 0 Å². The molecule has 0 radical (unpaired) electrons. The first-order chi connectivity index (χ1) is 7.44. The van der Waals surface area contributed by atoms with Crippen LogP contribution in [0.15, 0.2) is 0 Å². The first kappa shape index (κ1) is 9.94. The van der Waals surface area contributed by atoms with Gasteiger partial charge in [-0.2, -0.15) is 0 Å². The summed E-state index contributed by atoms with van der Waals surface area (Å²) >= 11 is 0. The molecule has 0 aromatic heterocycles. The van der Waals surface area contributed by atoms with Gasteiger partial charge < -0.3 is 4.74 Å². The molecule has 90 valence electrons. The lowest BCUT2D eigenvalue weighted by atomic mass is 9.54. The zero-order valence-electron chi connectivity index (χ0n) is 11.0. The quantitative estimate of drug-likeness (QED) is 0.568. The van der Waals surface area contributed by atoms with Gasteiger partial charge in [0.2, 0.25) is 0 Å². The van der Waals surface area contributed by atoms with E-state index in [1.165, 1.54) is 25.7 Å². The summed E-state index contributed by atoms with van der Waals surface area (Å²) in [6.07, 6.45) is 6.13. The standard InChI is InChI=1S/C15H24O/c1-9-5-6-11-15(16-11)8-7-10-12(13(10,2)3)14(9,15)4/h9-12H,5-8H2,1-4H3/t9-,10?,11+,12?,14-,15+/m0/s1. The van der Waals surface area contributed by atoms with E-state index in [0.29, 0.717) is 22.5 Å². The largest absolute Gasteiger partial charge is 0.365 e. The second-order valence-corrected chi connectivity index (χ2v) is 7.70. The van der Waals surface area contributed by atoms with Crippen molar-refractivity contribution < 1.29 is 4.74 Å². The van der Waals surface area contributed by atoms with Crippen LogP contribution in [0.3, 0.4) is 0 Å². The van der Waals surface area contributed by atoms with Gasteiger partial charge in [-0.1, -0.05) is 27.7 Å². The van der Waals surface area contributed by atoms with Crippen molar-refractivity contribution in [2.45, 2.75) is 65.1 Å². The number of fused-ring (bicyclic) bond motifs is 2. The van der Waals surface area contributed by atoms with Gasteiger partial charge >= 0.3 is 0 Å². The van der Waals surface area contributed by atoms with E-state index in [1.807, 2.05) is 0 Å². The third kappa shape index (κ3) is 0.776. The molecular weight excluding hydrogens is 196 g/mol. The van der Waals surface area contributed by atoms with Crippen LogP contribution in [0.2, 0.25) is 0 Å². The van der Waals surface area contributed by atoms with Crippen LogP contribution < -0.4 is 0 Å². The molecule has 0 bridgehead atoms. The molecule has 1 spiro atoms. The Hall–Kier alpha value is -0.0400. The Labute approximate surface area is 98.9 Å². The Kier molecular flexibility index (Phi) is 1.48. The highest BCUT2D eigenvalue weighted by Gasteiger charge is 2.81. The Morgan fingerprint density at radius 1 is 1.06 bits per heavy atom. The molecule has 3 saturated carbocycles. The predicted octanol–water partition coefficient (Wildman–Crippen LogP) is 3.63. The zero-order valence-corrected chi connectivity index (χ0v) is 11.0. The van der Waals surface area contributed by atoms with E-state index < -0.39 is 0 Å². The molecule has 0 N–H and O–H groups in total. The van der Waals surface area contributed by atoms with Crippen molar-refractivity contribution in [2.75, 3.05) is 0 Å². The fraction of sp³-hybridized carbons (Fsp3) is 1.00. The predicted molar refractivity (Wildman–Crippen MR) is 64.1 cm³/mol. The first-order valence-corrected chi connectivity index (χ1v) is 7.12. The number of hydrogen-bond donors (Lipinski definition) is 0. The van der Waals surface area contributed by atoms with Gasteiger partial charge in [-0.25, -0.2) is 0 Å². The molecule has 1 aliphatic heterocycles. The Balaban J connectivity index is 1.81. The summed E-state index contributed by atoms with van der Waals surface area (Å²) < 4.78 is 6.23. The van der Waals surface area contributed by atoms with Crippen LogP contribution in [-0.2, 0) is 4.74 Å². The van der Waals surface area contributed by atoms with E-state index in [2.05, 4.69) is 27.7 Å². The van der Waals surface area contributed by atoms with Gasteiger partial charge in [0.25, 0.3) is 0 Å². The Morgan fingerprint density at radius 2 is 1.81 bits per heavy atom. The fourth-order valence-corrected chi connectivity index (χ4v) is 6.01. The maximum absolute atomic E-state index is 6.23.